The molecule has 0 amide bonds. The second-order valence-electron chi connectivity index (χ2n) is 4.84. The number of aliphatic hydroxyl groups is 1. The number of para-hydroxylation sites is 1. The van der Waals surface area contributed by atoms with Gasteiger partial charge >= 0.3 is 0 Å². The van der Waals surface area contributed by atoms with E-state index in [1.807, 2.05) is 0 Å². The molecule has 0 saturated carbocycles. The topological polar surface area (TPSA) is 32.3 Å². The summed E-state index contributed by atoms with van der Waals surface area (Å²) < 4.78 is 0. The molecule has 17 heavy (non-hydrogen) atoms. The SMILES string of the molecule is CCc1cccc(CC)c1NC(CO)C(C)C. The largest absolute Gasteiger partial charge is 0.394 e. The highest BCUT2D eigenvalue weighted by Gasteiger charge is 2.15. The molecule has 0 radical (unpaired) electrons. The van der Waals surface area contributed by atoms with Gasteiger partial charge < -0.3 is 10.4 Å². The number of nitrogens with one attached hydrogen (secondary N) is 1. The van der Waals surface area contributed by atoms with Crippen LogP contribution in [0.25, 0.3) is 0 Å². The van der Waals surface area contributed by atoms with Crippen LogP contribution >= 0.6 is 0 Å². The van der Waals surface area contributed by atoms with Crippen LogP contribution in [0.2, 0.25) is 0 Å². The molecule has 0 bridgehead atoms. The first-order valence-electron chi connectivity index (χ1n) is 6.62. The summed E-state index contributed by atoms with van der Waals surface area (Å²) in [6.45, 7) is 8.79. The second kappa shape index (κ2) is 6.65. The molecule has 1 aromatic rings. The van der Waals surface area contributed by atoms with Gasteiger partial charge in [0.1, 0.15) is 0 Å². The van der Waals surface area contributed by atoms with Crippen molar-refractivity contribution in [2.45, 2.75) is 46.6 Å². The van der Waals surface area contributed by atoms with Crippen LogP contribution in [-0.4, -0.2) is 17.8 Å². The Morgan fingerprint density at radius 3 is 2.00 bits per heavy atom. The lowest BCUT2D eigenvalue weighted by atomic mass is 9.99. The summed E-state index contributed by atoms with van der Waals surface area (Å²) in [4.78, 5) is 0. The molecule has 0 spiro atoms. The number of rotatable bonds is 6. The minimum absolute atomic E-state index is 0.132. The van der Waals surface area contributed by atoms with E-state index in [0.717, 1.165) is 12.8 Å². The van der Waals surface area contributed by atoms with E-state index < -0.39 is 0 Å². The second-order valence-corrected chi connectivity index (χ2v) is 4.84. The minimum atomic E-state index is 0.132. The van der Waals surface area contributed by atoms with Gasteiger partial charge in [-0.1, -0.05) is 45.9 Å². The molecule has 2 nitrogen and oxygen atoms in total. The van der Waals surface area contributed by atoms with E-state index in [4.69, 9.17) is 0 Å². The number of benzene rings is 1. The zero-order valence-corrected chi connectivity index (χ0v) is 11.5. The highest BCUT2D eigenvalue weighted by atomic mass is 16.3. The molecule has 1 rings (SSSR count). The van der Waals surface area contributed by atoms with Crippen LogP contribution in [0.3, 0.4) is 0 Å². The van der Waals surface area contributed by atoms with Crippen LogP contribution in [0, 0.1) is 5.92 Å². The Labute approximate surface area is 105 Å². The molecule has 0 aromatic heterocycles. The molecule has 0 heterocycles. The van der Waals surface area contributed by atoms with E-state index in [0.29, 0.717) is 5.92 Å². The minimum Gasteiger partial charge on any atom is -0.394 e. The molecule has 0 aliphatic carbocycles. The molecule has 0 fully saturated rings. The van der Waals surface area contributed by atoms with Crippen molar-refractivity contribution in [3.05, 3.63) is 29.3 Å². The third-order valence-corrected chi connectivity index (χ3v) is 3.33. The number of hydrogen-bond donors (Lipinski definition) is 2. The highest BCUT2D eigenvalue weighted by Crippen LogP contribution is 2.24. The summed E-state index contributed by atoms with van der Waals surface area (Å²) in [5.41, 5.74) is 3.90. The van der Waals surface area contributed by atoms with Crippen molar-refractivity contribution in [2.24, 2.45) is 5.92 Å². The summed E-state index contributed by atoms with van der Waals surface area (Å²) in [6.07, 6.45) is 2.04. The van der Waals surface area contributed by atoms with Gasteiger partial charge in [-0.3, -0.25) is 0 Å². The van der Waals surface area contributed by atoms with Crippen molar-refractivity contribution in [3.63, 3.8) is 0 Å². The Balaban J connectivity index is 3.01. The first-order valence-corrected chi connectivity index (χ1v) is 6.62. The number of hydrogen-bond acceptors (Lipinski definition) is 2. The average molecular weight is 235 g/mol. The van der Waals surface area contributed by atoms with Crippen LogP contribution < -0.4 is 5.32 Å². The van der Waals surface area contributed by atoms with Gasteiger partial charge in [-0.2, -0.15) is 0 Å². The van der Waals surface area contributed by atoms with Gasteiger partial charge in [0.15, 0.2) is 0 Å². The molecule has 0 saturated heterocycles. The van der Waals surface area contributed by atoms with Crippen LogP contribution in [0.1, 0.15) is 38.8 Å². The van der Waals surface area contributed by atoms with Crippen molar-refractivity contribution in [3.8, 4) is 0 Å². The third kappa shape index (κ3) is 3.47. The Morgan fingerprint density at radius 1 is 1.12 bits per heavy atom. The van der Waals surface area contributed by atoms with Crippen molar-refractivity contribution in [1.82, 2.24) is 0 Å². The molecule has 1 aromatic carbocycles. The van der Waals surface area contributed by atoms with Gasteiger partial charge in [0.2, 0.25) is 0 Å². The molecular weight excluding hydrogens is 210 g/mol. The standard InChI is InChI=1S/C15H25NO/c1-5-12-8-7-9-13(6-2)15(12)16-14(10-17)11(3)4/h7-9,11,14,16-17H,5-6,10H2,1-4H3. The van der Waals surface area contributed by atoms with E-state index in [9.17, 15) is 5.11 Å². The maximum atomic E-state index is 9.42. The predicted octanol–water partition coefficient (Wildman–Crippen LogP) is 3.24. The molecule has 0 aliphatic heterocycles. The highest BCUT2D eigenvalue weighted by molar-refractivity contribution is 5.58. The molecule has 96 valence electrons. The number of anilines is 1. The maximum absolute atomic E-state index is 9.42. The molecule has 2 heteroatoms. The van der Waals surface area contributed by atoms with Crippen LogP contribution in [-0.2, 0) is 12.8 Å². The predicted molar refractivity (Wildman–Crippen MR) is 74.5 cm³/mol. The Hall–Kier alpha value is -1.02. The van der Waals surface area contributed by atoms with Gasteiger partial charge in [-0.25, -0.2) is 0 Å². The van der Waals surface area contributed by atoms with Crippen LogP contribution in [0.4, 0.5) is 5.69 Å². The van der Waals surface area contributed by atoms with Gasteiger partial charge in [-0.15, -0.1) is 0 Å². The fourth-order valence-corrected chi connectivity index (χ4v) is 2.04. The Kier molecular flexibility index (Phi) is 5.49. The molecule has 1 unspecified atom stereocenters. The third-order valence-electron chi connectivity index (χ3n) is 3.33. The summed E-state index contributed by atoms with van der Waals surface area (Å²) in [7, 11) is 0. The number of aryl methyl sites for hydroxylation is 2. The van der Waals surface area contributed by atoms with Crippen molar-refractivity contribution < 1.29 is 5.11 Å². The van der Waals surface area contributed by atoms with Gasteiger partial charge in [0.25, 0.3) is 0 Å². The van der Waals surface area contributed by atoms with Crippen molar-refractivity contribution in [2.75, 3.05) is 11.9 Å². The zero-order valence-electron chi connectivity index (χ0n) is 11.5. The van der Waals surface area contributed by atoms with Gasteiger partial charge in [0, 0.05) is 5.69 Å². The van der Waals surface area contributed by atoms with Gasteiger partial charge in [-0.05, 0) is 29.9 Å². The first-order chi connectivity index (χ1) is 8.13. The fourth-order valence-electron chi connectivity index (χ4n) is 2.04. The van der Waals surface area contributed by atoms with E-state index in [-0.39, 0.29) is 12.6 Å². The normalized spacial score (nSPS) is 12.8. The van der Waals surface area contributed by atoms with Crippen LogP contribution in [0.5, 0.6) is 0 Å². The lowest BCUT2D eigenvalue weighted by molar-refractivity contribution is 0.249. The Morgan fingerprint density at radius 2 is 1.65 bits per heavy atom. The van der Waals surface area contributed by atoms with Crippen LogP contribution in [0.15, 0.2) is 18.2 Å². The first kappa shape index (κ1) is 14.0. The molecule has 0 aliphatic rings. The molecule has 1 atom stereocenters. The summed E-state index contributed by atoms with van der Waals surface area (Å²) >= 11 is 0. The fraction of sp³-hybridized carbons (Fsp3) is 0.600. The molecular formula is C15H25NO. The lowest BCUT2D eigenvalue weighted by Gasteiger charge is -2.24. The van der Waals surface area contributed by atoms with E-state index in [1.165, 1.54) is 16.8 Å². The smallest absolute Gasteiger partial charge is 0.0635 e. The quantitative estimate of drug-likeness (QED) is 0.793. The van der Waals surface area contributed by atoms with Gasteiger partial charge in [0.05, 0.1) is 12.6 Å². The van der Waals surface area contributed by atoms with Crippen molar-refractivity contribution in [1.29, 1.82) is 0 Å². The summed E-state index contributed by atoms with van der Waals surface area (Å²) in [5.74, 6) is 0.426. The summed E-state index contributed by atoms with van der Waals surface area (Å²) in [5, 5.41) is 12.9. The maximum Gasteiger partial charge on any atom is 0.0635 e. The average Bonchev–Trinajstić information content (AvgIpc) is 2.35. The Bertz CT molecular complexity index is 325. The zero-order chi connectivity index (χ0) is 12.8. The lowest BCUT2D eigenvalue weighted by Crippen LogP contribution is -2.30. The monoisotopic (exact) mass is 235 g/mol. The van der Waals surface area contributed by atoms with E-state index in [2.05, 4.69) is 51.2 Å². The van der Waals surface area contributed by atoms with Crippen molar-refractivity contribution >= 4 is 5.69 Å². The summed E-state index contributed by atoms with van der Waals surface area (Å²) in [6, 6.07) is 6.58. The molecule has 2 N–H and O–H groups in total. The number of aliphatic hydroxyl groups excluding tert-OH is 1. The van der Waals surface area contributed by atoms with E-state index in [1.54, 1.807) is 0 Å². The van der Waals surface area contributed by atoms with E-state index >= 15 is 0 Å².